The Bertz CT molecular complexity index is 270. The lowest BCUT2D eigenvalue weighted by molar-refractivity contribution is 0.308. The van der Waals surface area contributed by atoms with Gasteiger partial charge in [-0.3, -0.25) is 0 Å². The second-order valence-corrected chi connectivity index (χ2v) is 4.04. The highest BCUT2D eigenvalue weighted by Gasteiger charge is 2.28. The first kappa shape index (κ1) is 7.50. The van der Waals surface area contributed by atoms with E-state index in [1.807, 2.05) is 6.33 Å². The third-order valence-electron chi connectivity index (χ3n) is 3.22. The molecule has 2 heterocycles. The molecule has 0 bridgehead atoms. The van der Waals surface area contributed by atoms with Crippen LogP contribution < -0.4 is 5.32 Å². The number of nitrogens with one attached hydrogen (secondary N) is 1. The Morgan fingerprint density at radius 3 is 2.77 bits per heavy atom. The van der Waals surface area contributed by atoms with Crippen LogP contribution in [-0.2, 0) is 0 Å². The van der Waals surface area contributed by atoms with Crippen molar-refractivity contribution in [3.63, 3.8) is 0 Å². The topological polar surface area (TPSA) is 42.7 Å². The van der Waals surface area contributed by atoms with Crippen LogP contribution in [0.5, 0.6) is 0 Å². The van der Waals surface area contributed by atoms with Crippen LogP contribution in [0.4, 0.5) is 0 Å². The third-order valence-corrected chi connectivity index (χ3v) is 3.22. The van der Waals surface area contributed by atoms with Gasteiger partial charge in [-0.25, -0.2) is 0 Å². The highest BCUT2D eigenvalue weighted by atomic mass is 15.3. The lowest BCUT2D eigenvalue weighted by atomic mass is 9.84. The van der Waals surface area contributed by atoms with Gasteiger partial charge in [0.25, 0.3) is 0 Å². The van der Waals surface area contributed by atoms with Crippen LogP contribution in [-0.4, -0.2) is 27.9 Å². The molecule has 2 fully saturated rings. The Kier molecular flexibility index (Phi) is 1.62. The van der Waals surface area contributed by atoms with Crippen molar-refractivity contribution in [1.82, 2.24) is 20.1 Å². The van der Waals surface area contributed by atoms with Crippen molar-refractivity contribution in [2.24, 2.45) is 0 Å². The summed E-state index contributed by atoms with van der Waals surface area (Å²) in [6, 6.07) is 0.616. The summed E-state index contributed by atoms with van der Waals surface area (Å²) < 4.78 is 2.26. The van der Waals surface area contributed by atoms with Gasteiger partial charge >= 0.3 is 0 Å². The number of nitrogens with zero attached hydrogens (tertiary/aromatic N) is 3. The molecule has 1 aliphatic carbocycles. The van der Waals surface area contributed by atoms with Crippen molar-refractivity contribution in [2.45, 2.75) is 31.2 Å². The molecule has 1 saturated heterocycles. The van der Waals surface area contributed by atoms with E-state index in [0.29, 0.717) is 12.0 Å². The highest BCUT2D eigenvalue weighted by molar-refractivity contribution is 5.04. The quantitative estimate of drug-likeness (QED) is 0.724. The molecule has 0 unspecified atom stereocenters. The van der Waals surface area contributed by atoms with E-state index >= 15 is 0 Å². The molecule has 1 N–H and O–H groups in total. The zero-order valence-corrected chi connectivity index (χ0v) is 7.61. The van der Waals surface area contributed by atoms with Crippen molar-refractivity contribution in [3.8, 4) is 0 Å². The van der Waals surface area contributed by atoms with Crippen LogP contribution in [0.25, 0.3) is 0 Å². The van der Waals surface area contributed by atoms with Gasteiger partial charge in [0.1, 0.15) is 12.2 Å². The fourth-order valence-electron chi connectivity index (χ4n) is 1.96. The first-order valence-electron chi connectivity index (χ1n) is 5.05. The number of rotatable bonds is 2. The second kappa shape index (κ2) is 2.80. The van der Waals surface area contributed by atoms with Crippen LogP contribution in [0, 0.1) is 0 Å². The van der Waals surface area contributed by atoms with Crippen LogP contribution >= 0.6 is 0 Å². The minimum Gasteiger partial charge on any atom is -0.313 e. The molecule has 1 aromatic heterocycles. The Hall–Kier alpha value is -0.900. The van der Waals surface area contributed by atoms with Gasteiger partial charge in [0.15, 0.2) is 0 Å². The van der Waals surface area contributed by atoms with E-state index in [1.165, 1.54) is 25.1 Å². The average molecular weight is 178 g/mol. The molecule has 0 atom stereocenters. The van der Waals surface area contributed by atoms with Crippen LogP contribution in [0.2, 0.25) is 0 Å². The van der Waals surface area contributed by atoms with E-state index < -0.39 is 0 Å². The fraction of sp³-hybridized carbons (Fsp3) is 0.778. The molecular formula is C9H14N4. The van der Waals surface area contributed by atoms with Gasteiger partial charge in [0.05, 0.1) is 6.04 Å². The summed E-state index contributed by atoms with van der Waals surface area (Å²) in [5.41, 5.74) is 0. The maximum absolute atomic E-state index is 4.23. The molecule has 4 nitrogen and oxygen atoms in total. The maximum atomic E-state index is 4.23. The van der Waals surface area contributed by atoms with Crippen molar-refractivity contribution in [2.75, 3.05) is 13.1 Å². The van der Waals surface area contributed by atoms with Gasteiger partial charge in [-0.2, -0.15) is 0 Å². The smallest absolute Gasteiger partial charge is 0.136 e. The summed E-state index contributed by atoms with van der Waals surface area (Å²) in [6.45, 7) is 2.16. The van der Waals surface area contributed by atoms with Crippen molar-refractivity contribution < 1.29 is 0 Å². The molecule has 0 amide bonds. The maximum Gasteiger partial charge on any atom is 0.136 e. The predicted molar refractivity (Wildman–Crippen MR) is 48.5 cm³/mol. The molecule has 70 valence electrons. The Labute approximate surface area is 77.4 Å². The fourth-order valence-corrected chi connectivity index (χ4v) is 1.96. The van der Waals surface area contributed by atoms with E-state index in [1.54, 1.807) is 0 Å². The second-order valence-electron chi connectivity index (χ2n) is 4.04. The van der Waals surface area contributed by atoms with Gasteiger partial charge in [-0.1, -0.05) is 6.42 Å². The summed E-state index contributed by atoms with van der Waals surface area (Å²) in [5, 5.41) is 11.5. The van der Waals surface area contributed by atoms with Crippen LogP contribution in [0.1, 0.15) is 37.0 Å². The number of hydrogen-bond donors (Lipinski definition) is 1. The minimum atomic E-state index is 0.616. The van der Waals surface area contributed by atoms with E-state index in [0.717, 1.165) is 13.1 Å². The van der Waals surface area contributed by atoms with Gasteiger partial charge in [0, 0.05) is 19.0 Å². The Morgan fingerprint density at radius 1 is 1.38 bits per heavy atom. The average Bonchev–Trinajstić information content (AvgIpc) is 2.30. The molecule has 0 radical (unpaired) electrons. The molecule has 3 rings (SSSR count). The van der Waals surface area contributed by atoms with Crippen molar-refractivity contribution in [1.29, 1.82) is 0 Å². The normalized spacial score (nSPS) is 24.0. The number of hydrogen-bond acceptors (Lipinski definition) is 3. The molecule has 1 saturated carbocycles. The Balaban J connectivity index is 1.86. The summed E-state index contributed by atoms with van der Waals surface area (Å²) in [6.07, 6.45) is 5.86. The lowest BCUT2D eigenvalue weighted by Crippen LogP contribution is -2.44. The molecule has 1 aromatic rings. The van der Waals surface area contributed by atoms with E-state index in [9.17, 15) is 0 Å². The van der Waals surface area contributed by atoms with Crippen LogP contribution in [0.15, 0.2) is 6.33 Å². The molecule has 0 aromatic carbocycles. The molecular weight excluding hydrogens is 164 g/mol. The van der Waals surface area contributed by atoms with Gasteiger partial charge < -0.3 is 9.88 Å². The minimum absolute atomic E-state index is 0.616. The van der Waals surface area contributed by atoms with E-state index in [4.69, 9.17) is 0 Å². The molecule has 4 heteroatoms. The number of aromatic nitrogens is 3. The summed E-state index contributed by atoms with van der Waals surface area (Å²) in [4.78, 5) is 0. The van der Waals surface area contributed by atoms with Crippen molar-refractivity contribution >= 4 is 0 Å². The standard InChI is InChI=1S/C9H14N4/c1-2-7(3-1)9-12-11-6-13(9)8-4-10-5-8/h6-8,10H,1-5H2. The molecule has 0 spiro atoms. The first-order valence-corrected chi connectivity index (χ1v) is 5.05. The zero-order chi connectivity index (χ0) is 8.67. The zero-order valence-electron chi connectivity index (χ0n) is 7.61. The molecule has 13 heavy (non-hydrogen) atoms. The monoisotopic (exact) mass is 178 g/mol. The van der Waals surface area contributed by atoms with Crippen LogP contribution in [0.3, 0.4) is 0 Å². The summed E-state index contributed by atoms with van der Waals surface area (Å²) >= 11 is 0. The van der Waals surface area contributed by atoms with Gasteiger partial charge in [0.2, 0.25) is 0 Å². The SMILES string of the molecule is c1nnc(C2CCC2)n1C1CNC1. The summed E-state index contributed by atoms with van der Waals surface area (Å²) in [5.74, 6) is 1.92. The van der Waals surface area contributed by atoms with Crippen molar-refractivity contribution in [3.05, 3.63) is 12.2 Å². The summed E-state index contributed by atoms with van der Waals surface area (Å²) in [7, 11) is 0. The lowest BCUT2D eigenvalue weighted by Gasteiger charge is -2.32. The first-order chi connectivity index (χ1) is 6.45. The predicted octanol–water partition coefficient (Wildman–Crippen LogP) is 0.690. The molecule has 2 aliphatic rings. The van der Waals surface area contributed by atoms with E-state index in [2.05, 4.69) is 20.1 Å². The third kappa shape index (κ3) is 1.09. The van der Waals surface area contributed by atoms with Gasteiger partial charge in [-0.15, -0.1) is 10.2 Å². The largest absolute Gasteiger partial charge is 0.313 e. The van der Waals surface area contributed by atoms with Gasteiger partial charge in [-0.05, 0) is 12.8 Å². The van der Waals surface area contributed by atoms with E-state index in [-0.39, 0.29) is 0 Å². The highest BCUT2D eigenvalue weighted by Crippen LogP contribution is 2.36. The Morgan fingerprint density at radius 2 is 2.23 bits per heavy atom. The molecule has 1 aliphatic heterocycles.